The number of hydrogen-bond donors (Lipinski definition) is 2. The first-order valence-electron chi connectivity index (χ1n) is 5.87. The number of nitro benzene ring substituents is 1. The van der Waals surface area contributed by atoms with E-state index in [2.05, 4.69) is 5.32 Å². The molecule has 19 heavy (non-hydrogen) atoms. The lowest BCUT2D eigenvalue weighted by Crippen LogP contribution is -2.40. The Morgan fingerprint density at radius 3 is 2.68 bits per heavy atom. The minimum absolute atomic E-state index is 0.0387. The third-order valence-corrected chi connectivity index (χ3v) is 3.29. The van der Waals surface area contributed by atoms with E-state index in [9.17, 15) is 14.9 Å². The molecule has 0 radical (unpaired) electrons. The number of carbonyl (C=O) groups excluding carboxylic acids is 1. The summed E-state index contributed by atoms with van der Waals surface area (Å²) in [5.74, 6) is -0.318. The lowest BCUT2D eigenvalue weighted by atomic mass is 9.99. The molecule has 0 saturated heterocycles. The van der Waals surface area contributed by atoms with Crippen molar-refractivity contribution in [1.82, 2.24) is 0 Å². The maximum Gasteiger partial charge on any atom is 0.271 e. The molecule has 3 N–H and O–H groups in total. The van der Waals surface area contributed by atoms with Crippen molar-refractivity contribution in [1.29, 1.82) is 0 Å². The van der Waals surface area contributed by atoms with Gasteiger partial charge in [-0.15, -0.1) is 0 Å². The fraction of sp³-hybridized carbons (Fsp3) is 0.417. The Hall–Kier alpha value is -1.66. The fourth-order valence-electron chi connectivity index (χ4n) is 1.45. The molecule has 0 aliphatic rings. The molecule has 104 valence electrons. The molecule has 0 unspecified atom stereocenters. The fourth-order valence-corrected chi connectivity index (χ4v) is 1.67. The van der Waals surface area contributed by atoms with Crippen molar-refractivity contribution in [2.75, 3.05) is 5.32 Å². The summed E-state index contributed by atoms with van der Waals surface area (Å²) in [4.78, 5) is 21.9. The first-order chi connectivity index (χ1) is 8.86. The van der Waals surface area contributed by atoms with Gasteiger partial charge in [-0.25, -0.2) is 0 Å². The molecule has 0 aromatic heterocycles. The summed E-state index contributed by atoms with van der Waals surface area (Å²) in [6.07, 6.45) is 0.780. The molecule has 1 amide bonds. The molecule has 2 atom stereocenters. The highest BCUT2D eigenvalue weighted by molar-refractivity contribution is 6.34. The van der Waals surface area contributed by atoms with E-state index in [1.54, 1.807) is 0 Å². The number of halogens is 1. The molecule has 0 aliphatic heterocycles. The van der Waals surface area contributed by atoms with E-state index in [4.69, 9.17) is 17.3 Å². The molecule has 0 saturated carbocycles. The van der Waals surface area contributed by atoms with E-state index < -0.39 is 11.0 Å². The second-order valence-corrected chi connectivity index (χ2v) is 4.73. The van der Waals surface area contributed by atoms with Gasteiger partial charge in [-0.05, 0) is 12.0 Å². The van der Waals surface area contributed by atoms with Gasteiger partial charge in [-0.2, -0.15) is 0 Å². The number of nitrogens with two attached hydrogens (primary N) is 1. The van der Waals surface area contributed by atoms with E-state index in [-0.39, 0.29) is 22.5 Å². The van der Waals surface area contributed by atoms with Gasteiger partial charge in [0.2, 0.25) is 5.91 Å². The van der Waals surface area contributed by atoms with Crippen LogP contribution < -0.4 is 11.1 Å². The molecule has 6 nitrogen and oxygen atoms in total. The summed E-state index contributed by atoms with van der Waals surface area (Å²) in [6.45, 7) is 3.82. The Balaban J connectivity index is 2.83. The molecule has 7 heteroatoms. The van der Waals surface area contributed by atoms with Gasteiger partial charge in [-0.1, -0.05) is 31.9 Å². The molecular weight excluding hydrogens is 270 g/mol. The monoisotopic (exact) mass is 285 g/mol. The number of rotatable bonds is 5. The van der Waals surface area contributed by atoms with Crippen LogP contribution in [-0.2, 0) is 4.79 Å². The Morgan fingerprint density at radius 2 is 2.21 bits per heavy atom. The number of non-ortho nitro benzene ring substituents is 1. The van der Waals surface area contributed by atoms with Crippen LogP contribution >= 0.6 is 11.6 Å². The first-order valence-corrected chi connectivity index (χ1v) is 6.25. The molecule has 0 aliphatic carbocycles. The van der Waals surface area contributed by atoms with Crippen LogP contribution in [-0.4, -0.2) is 16.9 Å². The van der Waals surface area contributed by atoms with Gasteiger partial charge in [0.15, 0.2) is 0 Å². The first kappa shape index (κ1) is 15.4. The van der Waals surface area contributed by atoms with Crippen LogP contribution in [0.15, 0.2) is 18.2 Å². The van der Waals surface area contributed by atoms with Gasteiger partial charge in [-0.3, -0.25) is 14.9 Å². The molecule has 1 aromatic rings. The standard InChI is InChI=1S/C12H16ClN3O3/c1-3-7(2)11(14)12(17)15-10-5-4-8(16(18)19)6-9(10)13/h4-7,11H,3,14H2,1-2H3,(H,15,17)/t7-,11+/m1/s1. The van der Waals surface area contributed by atoms with Crippen LogP contribution in [0.25, 0.3) is 0 Å². The van der Waals surface area contributed by atoms with Crippen LogP contribution in [0.2, 0.25) is 5.02 Å². The zero-order chi connectivity index (χ0) is 14.6. The van der Waals surface area contributed by atoms with Crippen LogP contribution in [0.3, 0.4) is 0 Å². The molecule has 0 spiro atoms. The molecule has 1 aromatic carbocycles. The lowest BCUT2D eigenvalue weighted by Gasteiger charge is -2.18. The maximum absolute atomic E-state index is 11.9. The van der Waals surface area contributed by atoms with E-state index in [1.165, 1.54) is 18.2 Å². The average molecular weight is 286 g/mol. The Morgan fingerprint density at radius 1 is 1.58 bits per heavy atom. The zero-order valence-electron chi connectivity index (χ0n) is 10.7. The van der Waals surface area contributed by atoms with Crippen LogP contribution in [0, 0.1) is 16.0 Å². The van der Waals surface area contributed by atoms with Crippen molar-refractivity contribution < 1.29 is 9.72 Å². The molecule has 0 heterocycles. The summed E-state index contributed by atoms with van der Waals surface area (Å²) in [5, 5.41) is 13.2. The van der Waals surface area contributed by atoms with Gasteiger partial charge in [0.1, 0.15) is 0 Å². The van der Waals surface area contributed by atoms with Crippen molar-refractivity contribution in [2.45, 2.75) is 26.3 Å². The van der Waals surface area contributed by atoms with E-state index >= 15 is 0 Å². The van der Waals surface area contributed by atoms with E-state index in [0.29, 0.717) is 5.69 Å². The third kappa shape index (κ3) is 3.90. The minimum atomic E-state index is -0.642. The van der Waals surface area contributed by atoms with Crippen LogP contribution in [0.5, 0.6) is 0 Å². The van der Waals surface area contributed by atoms with Crippen LogP contribution in [0.1, 0.15) is 20.3 Å². The van der Waals surface area contributed by atoms with E-state index in [1.807, 2.05) is 13.8 Å². The number of benzene rings is 1. The predicted octanol–water partition coefficient (Wildman–Crippen LogP) is 2.56. The minimum Gasteiger partial charge on any atom is -0.323 e. The SMILES string of the molecule is CC[C@@H](C)[C@H](N)C(=O)Nc1ccc([N+](=O)[O-])cc1Cl. The van der Waals surface area contributed by atoms with Crippen LogP contribution in [0.4, 0.5) is 11.4 Å². The highest BCUT2D eigenvalue weighted by atomic mass is 35.5. The number of nitro groups is 1. The van der Waals surface area contributed by atoms with Gasteiger partial charge in [0.05, 0.1) is 21.7 Å². The Bertz CT molecular complexity index is 493. The number of hydrogen-bond acceptors (Lipinski definition) is 4. The van der Waals surface area contributed by atoms with Gasteiger partial charge in [0, 0.05) is 12.1 Å². The summed E-state index contributed by atoms with van der Waals surface area (Å²) in [6, 6.07) is 3.21. The highest BCUT2D eigenvalue weighted by Crippen LogP contribution is 2.26. The molecule has 0 bridgehead atoms. The maximum atomic E-state index is 11.9. The van der Waals surface area contributed by atoms with Crippen molar-refractivity contribution in [3.8, 4) is 0 Å². The van der Waals surface area contributed by atoms with Crippen molar-refractivity contribution in [3.05, 3.63) is 33.3 Å². The lowest BCUT2D eigenvalue weighted by molar-refractivity contribution is -0.384. The molecule has 0 fully saturated rings. The number of amides is 1. The normalized spacial score (nSPS) is 13.7. The quantitative estimate of drug-likeness (QED) is 0.641. The van der Waals surface area contributed by atoms with Crippen molar-refractivity contribution in [3.63, 3.8) is 0 Å². The van der Waals surface area contributed by atoms with Gasteiger partial charge in [0.25, 0.3) is 5.69 Å². The number of carbonyl (C=O) groups is 1. The highest BCUT2D eigenvalue weighted by Gasteiger charge is 2.20. The summed E-state index contributed by atoms with van der Waals surface area (Å²) in [5.41, 5.74) is 5.97. The van der Waals surface area contributed by atoms with Gasteiger partial charge >= 0.3 is 0 Å². The topological polar surface area (TPSA) is 98.3 Å². The summed E-state index contributed by atoms with van der Waals surface area (Å²) < 4.78 is 0. The van der Waals surface area contributed by atoms with Crippen molar-refractivity contribution >= 4 is 28.9 Å². The Kier molecular flexibility index (Phi) is 5.26. The predicted molar refractivity (Wildman–Crippen MR) is 74.2 cm³/mol. The summed E-state index contributed by atoms with van der Waals surface area (Å²) >= 11 is 5.88. The van der Waals surface area contributed by atoms with Gasteiger partial charge < -0.3 is 11.1 Å². The van der Waals surface area contributed by atoms with Crippen molar-refractivity contribution in [2.24, 2.45) is 11.7 Å². The second kappa shape index (κ2) is 6.49. The number of nitrogens with zero attached hydrogens (tertiary/aromatic N) is 1. The molecular formula is C12H16ClN3O3. The number of anilines is 1. The third-order valence-electron chi connectivity index (χ3n) is 2.98. The number of nitrogens with one attached hydrogen (secondary N) is 1. The second-order valence-electron chi connectivity index (χ2n) is 4.32. The van der Waals surface area contributed by atoms with E-state index in [0.717, 1.165) is 6.42 Å². The smallest absolute Gasteiger partial charge is 0.271 e. The Labute approximate surface area is 116 Å². The largest absolute Gasteiger partial charge is 0.323 e. The summed E-state index contributed by atoms with van der Waals surface area (Å²) in [7, 11) is 0. The zero-order valence-corrected chi connectivity index (χ0v) is 11.5. The average Bonchev–Trinajstić information content (AvgIpc) is 2.38. The molecule has 1 rings (SSSR count).